The molecular weight excluding hydrogens is 397 g/mol. The summed E-state index contributed by atoms with van der Waals surface area (Å²) in [7, 11) is -4.25. The highest BCUT2D eigenvalue weighted by molar-refractivity contribution is 14.1. The summed E-state index contributed by atoms with van der Waals surface area (Å²) in [5.74, 6) is -0.810. The molecule has 8 heteroatoms. The van der Waals surface area contributed by atoms with Crippen LogP contribution in [0, 0.1) is 3.57 Å². The van der Waals surface area contributed by atoms with Crippen molar-refractivity contribution in [1.29, 1.82) is 0 Å². The van der Waals surface area contributed by atoms with Crippen LogP contribution >= 0.6 is 22.6 Å². The van der Waals surface area contributed by atoms with E-state index >= 15 is 0 Å². The van der Waals surface area contributed by atoms with Gasteiger partial charge < -0.3 is 9.47 Å². The molecule has 1 aromatic rings. The first-order valence-electron chi connectivity index (χ1n) is 6.00. The van der Waals surface area contributed by atoms with Gasteiger partial charge in [0.1, 0.15) is 12.2 Å². The maximum Gasteiger partial charge on any atom is 0.333 e. The van der Waals surface area contributed by atoms with Gasteiger partial charge in [-0.2, -0.15) is 13.1 Å². The first kappa shape index (κ1) is 16.1. The van der Waals surface area contributed by atoms with E-state index in [4.69, 9.17) is 14.0 Å². The van der Waals surface area contributed by atoms with Gasteiger partial charge in [-0.3, -0.25) is 4.55 Å². The fraction of sp³-hybridized carbons (Fsp3) is 0.500. The van der Waals surface area contributed by atoms with E-state index in [1.807, 2.05) is 29.0 Å². The van der Waals surface area contributed by atoms with Gasteiger partial charge in [0.05, 0.1) is 0 Å². The molecule has 2 rings (SSSR count). The Labute approximate surface area is 131 Å². The quantitative estimate of drug-likeness (QED) is 0.582. The van der Waals surface area contributed by atoms with E-state index in [-0.39, 0.29) is 6.54 Å². The fourth-order valence-electron chi connectivity index (χ4n) is 2.14. The monoisotopic (exact) mass is 413 g/mol. The van der Waals surface area contributed by atoms with E-state index < -0.39 is 28.3 Å². The van der Waals surface area contributed by atoms with Crippen molar-refractivity contribution < 1.29 is 22.4 Å². The lowest BCUT2D eigenvalue weighted by Crippen LogP contribution is -2.35. The zero-order chi connectivity index (χ0) is 15.0. The van der Waals surface area contributed by atoms with Gasteiger partial charge in [0, 0.05) is 10.1 Å². The molecule has 0 radical (unpaired) electrons. The molecule has 0 aliphatic carbocycles. The molecule has 1 aliphatic rings. The molecule has 0 bridgehead atoms. The molecule has 1 aromatic carbocycles. The second-order valence-electron chi connectivity index (χ2n) is 4.94. The van der Waals surface area contributed by atoms with Crippen molar-refractivity contribution in [2.75, 3.05) is 6.54 Å². The summed E-state index contributed by atoms with van der Waals surface area (Å²) in [6, 6.07) is 7.66. The standard InChI is InChI=1S/C12H16INO5S/c1-12(2)18-10(7-14-20(15,16)17)11(19-12)8-5-3-4-6-9(8)13/h3-6,10-11,14H,7H2,1-2H3,(H,15,16,17)/t10-,11-/m1/s1. The van der Waals surface area contributed by atoms with E-state index in [2.05, 4.69) is 22.6 Å². The number of nitrogens with one attached hydrogen (secondary N) is 1. The van der Waals surface area contributed by atoms with E-state index in [0.717, 1.165) is 9.13 Å². The zero-order valence-corrected chi connectivity index (χ0v) is 14.0. The normalized spacial score (nSPS) is 25.8. The van der Waals surface area contributed by atoms with E-state index in [1.165, 1.54) is 0 Å². The number of rotatable bonds is 4. The lowest BCUT2D eigenvalue weighted by atomic mass is 10.0. The van der Waals surface area contributed by atoms with Gasteiger partial charge in [-0.15, -0.1) is 0 Å². The number of ether oxygens (including phenoxy) is 2. The predicted octanol–water partition coefficient (Wildman–Crippen LogP) is 1.88. The first-order chi connectivity index (χ1) is 9.18. The van der Waals surface area contributed by atoms with Gasteiger partial charge in [-0.05, 0) is 48.1 Å². The SMILES string of the molecule is CC1(C)O[C@H](c2ccccc2I)[C@@H](CNS(=O)(=O)O)O1. The zero-order valence-electron chi connectivity index (χ0n) is 11.0. The van der Waals surface area contributed by atoms with Crippen molar-refractivity contribution in [1.82, 2.24) is 4.72 Å². The average molecular weight is 413 g/mol. The molecule has 0 spiro atoms. The van der Waals surface area contributed by atoms with Gasteiger partial charge in [-0.1, -0.05) is 18.2 Å². The summed E-state index contributed by atoms with van der Waals surface area (Å²) < 4.78 is 45.0. The maximum atomic E-state index is 10.8. The summed E-state index contributed by atoms with van der Waals surface area (Å²) in [5, 5.41) is 0. The predicted molar refractivity (Wildman–Crippen MR) is 81.5 cm³/mol. The Morgan fingerprint density at radius 2 is 2.00 bits per heavy atom. The maximum absolute atomic E-state index is 10.8. The lowest BCUT2D eigenvalue weighted by molar-refractivity contribution is -0.146. The number of halogens is 1. The summed E-state index contributed by atoms with van der Waals surface area (Å²) in [4.78, 5) is 0. The second-order valence-corrected chi connectivity index (χ2v) is 7.34. The van der Waals surface area contributed by atoms with Gasteiger partial charge in [-0.25, -0.2) is 0 Å². The molecule has 2 N–H and O–H groups in total. The van der Waals surface area contributed by atoms with E-state index in [9.17, 15) is 8.42 Å². The smallest absolute Gasteiger partial charge is 0.333 e. The molecule has 0 aromatic heterocycles. The van der Waals surface area contributed by atoms with Crippen molar-refractivity contribution in [3.8, 4) is 0 Å². The van der Waals surface area contributed by atoms with Crippen molar-refractivity contribution in [2.24, 2.45) is 0 Å². The first-order valence-corrected chi connectivity index (χ1v) is 8.52. The van der Waals surface area contributed by atoms with Crippen LogP contribution in [0.4, 0.5) is 0 Å². The van der Waals surface area contributed by atoms with Crippen LogP contribution in [0.2, 0.25) is 0 Å². The van der Waals surface area contributed by atoms with Crippen LogP contribution in [-0.4, -0.2) is 31.4 Å². The van der Waals surface area contributed by atoms with E-state index in [0.29, 0.717) is 0 Å². The van der Waals surface area contributed by atoms with Crippen molar-refractivity contribution >= 4 is 32.9 Å². The molecule has 1 fully saturated rings. The fourth-order valence-corrected chi connectivity index (χ4v) is 3.21. The minimum Gasteiger partial charge on any atom is -0.343 e. The molecule has 0 saturated carbocycles. The highest BCUT2D eigenvalue weighted by Crippen LogP contribution is 2.39. The van der Waals surface area contributed by atoms with Crippen molar-refractivity contribution in [3.63, 3.8) is 0 Å². The van der Waals surface area contributed by atoms with Crippen LogP contribution in [0.3, 0.4) is 0 Å². The Balaban J connectivity index is 2.23. The minimum atomic E-state index is -4.25. The second kappa shape index (κ2) is 5.85. The van der Waals surface area contributed by atoms with Gasteiger partial charge in [0.25, 0.3) is 0 Å². The largest absolute Gasteiger partial charge is 0.343 e. The van der Waals surface area contributed by atoms with Crippen LogP contribution in [0.25, 0.3) is 0 Å². The Hall–Kier alpha value is -0.260. The topological polar surface area (TPSA) is 84.9 Å². The third-order valence-electron chi connectivity index (χ3n) is 2.86. The summed E-state index contributed by atoms with van der Waals surface area (Å²) in [6.07, 6.45) is -0.907. The van der Waals surface area contributed by atoms with Crippen molar-refractivity contribution in [3.05, 3.63) is 33.4 Å². The van der Waals surface area contributed by atoms with Crippen LogP contribution < -0.4 is 4.72 Å². The van der Waals surface area contributed by atoms with Gasteiger partial charge >= 0.3 is 10.3 Å². The van der Waals surface area contributed by atoms with Crippen molar-refractivity contribution in [2.45, 2.75) is 31.8 Å². The number of hydrogen-bond donors (Lipinski definition) is 2. The molecule has 6 nitrogen and oxygen atoms in total. The van der Waals surface area contributed by atoms with Crippen LogP contribution in [0.1, 0.15) is 25.5 Å². The molecule has 0 amide bonds. The number of hydrogen-bond acceptors (Lipinski definition) is 4. The third-order valence-corrected chi connectivity index (χ3v) is 4.38. The molecule has 1 saturated heterocycles. The average Bonchev–Trinajstić information content (AvgIpc) is 2.62. The van der Waals surface area contributed by atoms with Crippen LogP contribution in [-0.2, 0) is 19.8 Å². The summed E-state index contributed by atoms with van der Waals surface area (Å²) in [5.41, 5.74) is 0.931. The molecule has 2 atom stereocenters. The highest BCUT2D eigenvalue weighted by atomic mass is 127. The Morgan fingerprint density at radius 1 is 1.35 bits per heavy atom. The Bertz CT molecular complexity index is 589. The lowest BCUT2D eigenvalue weighted by Gasteiger charge is -2.18. The number of benzene rings is 1. The molecule has 1 aliphatic heterocycles. The van der Waals surface area contributed by atoms with E-state index in [1.54, 1.807) is 13.8 Å². The minimum absolute atomic E-state index is 0.0576. The molecule has 1 heterocycles. The Morgan fingerprint density at radius 3 is 2.60 bits per heavy atom. The summed E-state index contributed by atoms with van der Waals surface area (Å²) >= 11 is 2.19. The molecule has 112 valence electrons. The molecule has 20 heavy (non-hydrogen) atoms. The van der Waals surface area contributed by atoms with Crippen LogP contribution in [0.5, 0.6) is 0 Å². The summed E-state index contributed by atoms with van der Waals surface area (Å²) in [6.45, 7) is 3.48. The highest BCUT2D eigenvalue weighted by Gasteiger charge is 2.42. The van der Waals surface area contributed by atoms with Crippen LogP contribution in [0.15, 0.2) is 24.3 Å². The Kier molecular flexibility index (Phi) is 4.72. The molecular formula is C12H16INO5S. The van der Waals surface area contributed by atoms with Gasteiger partial charge in [0.15, 0.2) is 5.79 Å². The van der Waals surface area contributed by atoms with Gasteiger partial charge in [0.2, 0.25) is 0 Å². The third kappa shape index (κ3) is 4.12. The molecule has 0 unspecified atom stereocenters.